The molecule has 7 nitrogen and oxygen atoms in total. The first-order chi connectivity index (χ1) is 12.5. The second-order valence-corrected chi connectivity index (χ2v) is 6.61. The van der Waals surface area contributed by atoms with Gasteiger partial charge in [0.05, 0.1) is 44.5 Å². The van der Waals surface area contributed by atoms with Gasteiger partial charge in [0.2, 0.25) is 10.0 Å². The van der Waals surface area contributed by atoms with E-state index in [0.717, 1.165) is 5.56 Å². The molecular formula is C18H25NO6S. The van der Waals surface area contributed by atoms with E-state index in [0.29, 0.717) is 32.0 Å². The minimum atomic E-state index is -3.68. The molecule has 0 saturated carbocycles. The Morgan fingerprint density at radius 3 is 1.77 bits per heavy atom. The van der Waals surface area contributed by atoms with Crippen molar-refractivity contribution in [2.45, 2.75) is 4.90 Å². The quantitative estimate of drug-likeness (QED) is 0.556. The number of primary sulfonamides is 1. The molecule has 0 aromatic heterocycles. The molecule has 0 heterocycles. The van der Waals surface area contributed by atoms with Crippen molar-refractivity contribution in [1.29, 1.82) is 0 Å². The van der Waals surface area contributed by atoms with Crippen LogP contribution in [0, 0.1) is 0 Å². The number of nitrogens with two attached hydrogens (primary N) is 1. The summed E-state index contributed by atoms with van der Waals surface area (Å²) in [6.07, 6.45) is 0. The van der Waals surface area contributed by atoms with Crippen LogP contribution in [0.4, 0.5) is 0 Å². The standard InChI is InChI=1S/C12H11NO2S.C6H14O4/c13-16(14,15)12-9-5-4-8-11(12)10-6-2-1-3-7-10;7-1-3-9-5-6-10-4-2-8/h1-9H,(H2,13,14,15);7-8H,1-6H2. The number of aliphatic hydroxyl groups excluding tert-OH is 2. The van der Waals surface area contributed by atoms with Crippen LogP contribution in [0.2, 0.25) is 0 Å². The highest BCUT2D eigenvalue weighted by Crippen LogP contribution is 2.25. The first-order valence-corrected chi connectivity index (χ1v) is 9.59. The van der Waals surface area contributed by atoms with Gasteiger partial charge in [-0.2, -0.15) is 0 Å². The van der Waals surface area contributed by atoms with E-state index >= 15 is 0 Å². The molecule has 0 atom stereocenters. The lowest BCUT2D eigenvalue weighted by Crippen LogP contribution is -2.13. The smallest absolute Gasteiger partial charge is 0.238 e. The number of hydrogen-bond donors (Lipinski definition) is 3. The number of rotatable bonds is 9. The number of ether oxygens (including phenoxy) is 2. The molecule has 8 heteroatoms. The number of benzene rings is 2. The lowest BCUT2D eigenvalue weighted by atomic mass is 10.1. The Kier molecular flexibility index (Phi) is 10.7. The van der Waals surface area contributed by atoms with Crippen LogP contribution >= 0.6 is 0 Å². The molecule has 0 unspecified atom stereocenters. The molecule has 0 aliphatic carbocycles. The van der Waals surface area contributed by atoms with Crippen molar-refractivity contribution >= 4 is 10.0 Å². The summed E-state index contributed by atoms with van der Waals surface area (Å²) in [6.45, 7) is 1.73. The van der Waals surface area contributed by atoms with Gasteiger partial charge < -0.3 is 19.7 Å². The Hall–Kier alpha value is -1.81. The third kappa shape index (κ3) is 8.52. The molecule has 2 rings (SSSR count). The van der Waals surface area contributed by atoms with Crippen molar-refractivity contribution in [3.05, 3.63) is 54.6 Å². The van der Waals surface area contributed by atoms with E-state index < -0.39 is 10.0 Å². The van der Waals surface area contributed by atoms with Crippen molar-refractivity contribution in [3.63, 3.8) is 0 Å². The van der Waals surface area contributed by atoms with E-state index in [1.54, 1.807) is 18.2 Å². The molecule has 4 N–H and O–H groups in total. The number of sulfonamides is 1. The van der Waals surface area contributed by atoms with Gasteiger partial charge in [-0.1, -0.05) is 48.5 Å². The van der Waals surface area contributed by atoms with Crippen LogP contribution < -0.4 is 5.14 Å². The molecular weight excluding hydrogens is 358 g/mol. The van der Waals surface area contributed by atoms with Gasteiger partial charge in [-0.3, -0.25) is 0 Å². The van der Waals surface area contributed by atoms with Crippen molar-refractivity contribution in [3.8, 4) is 11.1 Å². The van der Waals surface area contributed by atoms with E-state index in [4.69, 9.17) is 24.8 Å². The fourth-order valence-electron chi connectivity index (χ4n) is 2.02. The van der Waals surface area contributed by atoms with Crippen molar-refractivity contribution in [1.82, 2.24) is 0 Å². The van der Waals surface area contributed by atoms with Gasteiger partial charge in [0, 0.05) is 5.56 Å². The molecule has 2 aromatic rings. The zero-order valence-electron chi connectivity index (χ0n) is 14.5. The molecule has 0 aliphatic heterocycles. The highest BCUT2D eigenvalue weighted by Gasteiger charge is 2.13. The minimum absolute atomic E-state index is 0.0417. The van der Waals surface area contributed by atoms with Crippen molar-refractivity contribution in [2.24, 2.45) is 5.14 Å². The molecule has 0 fully saturated rings. The summed E-state index contributed by atoms with van der Waals surface area (Å²) in [7, 11) is -3.68. The van der Waals surface area contributed by atoms with Gasteiger partial charge in [-0.25, -0.2) is 13.6 Å². The number of hydrogen-bond acceptors (Lipinski definition) is 6. The van der Waals surface area contributed by atoms with E-state index in [-0.39, 0.29) is 18.1 Å². The van der Waals surface area contributed by atoms with Crippen LogP contribution in [0.15, 0.2) is 59.5 Å². The molecule has 0 amide bonds. The number of aliphatic hydroxyl groups is 2. The highest BCUT2D eigenvalue weighted by atomic mass is 32.2. The van der Waals surface area contributed by atoms with E-state index in [2.05, 4.69) is 0 Å². The zero-order chi connectivity index (χ0) is 19.3. The van der Waals surface area contributed by atoms with Crippen molar-refractivity contribution < 1.29 is 28.1 Å². The van der Waals surface area contributed by atoms with Crippen LogP contribution in [-0.2, 0) is 19.5 Å². The third-order valence-electron chi connectivity index (χ3n) is 3.12. The predicted octanol–water partition coefficient (Wildman–Crippen LogP) is 1.01. The topological polar surface area (TPSA) is 119 Å². The fraction of sp³-hybridized carbons (Fsp3) is 0.333. The molecule has 0 radical (unpaired) electrons. The first kappa shape index (κ1) is 22.2. The molecule has 0 bridgehead atoms. The monoisotopic (exact) mass is 383 g/mol. The summed E-state index contributed by atoms with van der Waals surface area (Å²) in [5, 5.41) is 21.7. The van der Waals surface area contributed by atoms with Crippen LogP contribution in [0.25, 0.3) is 11.1 Å². The second-order valence-electron chi connectivity index (χ2n) is 5.08. The minimum Gasteiger partial charge on any atom is -0.394 e. The average molecular weight is 383 g/mol. The lowest BCUT2D eigenvalue weighted by Gasteiger charge is -2.07. The first-order valence-electron chi connectivity index (χ1n) is 8.05. The predicted molar refractivity (Wildman–Crippen MR) is 99.1 cm³/mol. The Morgan fingerprint density at radius 2 is 1.27 bits per heavy atom. The van der Waals surface area contributed by atoms with Crippen LogP contribution in [-0.4, -0.2) is 58.3 Å². The highest BCUT2D eigenvalue weighted by molar-refractivity contribution is 7.89. The summed E-state index contributed by atoms with van der Waals surface area (Å²) >= 11 is 0. The van der Waals surface area contributed by atoms with Crippen LogP contribution in [0.5, 0.6) is 0 Å². The summed E-state index contributed by atoms with van der Waals surface area (Å²) in [4.78, 5) is 0.154. The van der Waals surface area contributed by atoms with Gasteiger partial charge in [0.15, 0.2) is 0 Å². The lowest BCUT2D eigenvalue weighted by molar-refractivity contribution is 0.0222. The SMILES string of the molecule is NS(=O)(=O)c1ccccc1-c1ccccc1.OCCOCCOCCO. The Bertz CT molecular complexity index is 713. The second kappa shape index (κ2) is 12.5. The maximum Gasteiger partial charge on any atom is 0.238 e. The van der Waals surface area contributed by atoms with Crippen LogP contribution in [0.1, 0.15) is 0 Å². The van der Waals surface area contributed by atoms with Gasteiger partial charge in [-0.05, 0) is 11.6 Å². The summed E-state index contributed by atoms with van der Waals surface area (Å²) in [5.41, 5.74) is 1.47. The third-order valence-corrected chi connectivity index (χ3v) is 4.09. The average Bonchev–Trinajstić information content (AvgIpc) is 2.65. The molecule has 0 spiro atoms. The fourth-order valence-corrected chi connectivity index (χ4v) is 2.78. The van der Waals surface area contributed by atoms with Gasteiger partial charge >= 0.3 is 0 Å². The maximum absolute atomic E-state index is 11.4. The van der Waals surface area contributed by atoms with Gasteiger partial charge in [0.1, 0.15) is 0 Å². The van der Waals surface area contributed by atoms with Gasteiger partial charge in [-0.15, -0.1) is 0 Å². The molecule has 0 aliphatic rings. The van der Waals surface area contributed by atoms with E-state index in [9.17, 15) is 8.42 Å². The summed E-state index contributed by atoms with van der Waals surface area (Å²) in [5.74, 6) is 0. The van der Waals surface area contributed by atoms with Crippen molar-refractivity contribution in [2.75, 3.05) is 39.6 Å². The Balaban J connectivity index is 0.000000294. The largest absolute Gasteiger partial charge is 0.394 e. The molecule has 144 valence electrons. The normalized spacial score (nSPS) is 10.9. The van der Waals surface area contributed by atoms with Crippen LogP contribution in [0.3, 0.4) is 0 Å². The van der Waals surface area contributed by atoms with E-state index in [1.165, 1.54) is 6.07 Å². The van der Waals surface area contributed by atoms with Gasteiger partial charge in [0.25, 0.3) is 0 Å². The summed E-state index contributed by atoms with van der Waals surface area (Å²) < 4.78 is 32.6. The molecule has 26 heavy (non-hydrogen) atoms. The Labute approximate surface area is 154 Å². The Morgan fingerprint density at radius 1 is 0.769 bits per heavy atom. The maximum atomic E-state index is 11.4. The zero-order valence-corrected chi connectivity index (χ0v) is 15.3. The summed E-state index contributed by atoms with van der Waals surface area (Å²) in [6, 6.07) is 16.0. The molecule has 2 aromatic carbocycles. The molecule has 0 saturated heterocycles. The van der Waals surface area contributed by atoms with E-state index in [1.807, 2.05) is 30.3 Å².